The largest absolute Gasteiger partial charge is 0.387 e. The molecule has 0 radical (unpaired) electrons. The highest BCUT2D eigenvalue weighted by atomic mass is 16.3. The Morgan fingerprint density at radius 1 is 1.29 bits per heavy atom. The van der Waals surface area contributed by atoms with Crippen LogP contribution in [-0.2, 0) is 13.1 Å². The Balaban J connectivity index is 1.57. The van der Waals surface area contributed by atoms with Crippen molar-refractivity contribution in [1.29, 1.82) is 0 Å². The zero-order valence-electron chi connectivity index (χ0n) is 13.3. The van der Waals surface area contributed by atoms with Crippen molar-refractivity contribution in [3.63, 3.8) is 0 Å². The molecule has 3 heterocycles. The second-order valence-electron chi connectivity index (χ2n) is 5.96. The van der Waals surface area contributed by atoms with E-state index in [1.807, 2.05) is 17.7 Å². The van der Waals surface area contributed by atoms with Crippen LogP contribution in [0.25, 0.3) is 11.0 Å². The van der Waals surface area contributed by atoms with Crippen molar-refractivity contribution in [3.05, 3.63) is 41.2 Å². The molecule has 0 spiro atoms. The lowest BCUT2D eigenvalue weighted by Gasteiger charge is -2.27. The molecule has 1 aromatic carbocycles. The molecule has 8 heteroatoms. The number of hydrogen-bond donors (Lipinski definition) is 2. The fourth-order valence-electron chi connectivity index (χ4n) is 2.99. The zero-order chi connectivity index (χ0) is 16.7. The summed E-state index contributed by atoms with van der Waals surface area (Å²) in [6.07, 6.45) is 0.0680. The van der Waals surface area contributed by atoms with E-state index < -0.39 is 6.10 Å². The van der Waals surface area contributed by atoms with Crippen LogP contribution in [0.3, 0.4) is 0 Å². The van der Waals surface area contributed by atoms with Crippen LogP contribution in [0.15, 0.2) is 24.3 Å². The molecule has 0 saturated carbocycles. The number of rotatable bonds is 3. The first-order valence-electron chi connectivity index (χ1n) is 8.00. The van der Waals surface area contributed by atoms with Crippen LogP contribution in [0, 0.1) is 0 Å². The number of aromatic nitrogens is 5. The summed E-state index contributed by atoms with van der Waals surface area (Å²) in [5, 5.41) is 24.9. The van der Waals surface area contributed by atoms with Gasteiger partial charge in [0.25, 0.3) is 5.91 Å². The van der Waals surface area contributed by atoms with Crippen LogP contribution < -0.4 is 0 Å². The highest BCUT2D eigenvalue weighted by Gasteiger charge is 2.24. The van der Waals surface area contributed by atoms with Crippen molar-refractivity contribution >= 4 is 16.9 Å². The summed E-state index contributed by atoms with van der Waals surface area (Å²) in [6.45, 7) is 3.62. The van der Waals surface area contributed by atoms with E-state index in [4.69, 9.17) is 0 Å². The number of carbonyl (C=O) groups is 1. The normalized spacial score (nSPS) is 15.5. The van der Waals surface area contributed by atoms with Crippen LogP contribution in [0.4, 0.5) is 0 Å². The zero-order valence-corrected chi connectivity index (χ0v) is 13.3. The van der Waals surface area contributed by atoms with Gasteiger partial charge in [-0.2, -0.15) is 20.5 Å². The van der Waals surface area contributed by atoms with Gasteiger partial charge in [0, 0.05) is 12.1 Å². The van der Waals surface area contributed by atoms with Crippen LogP contribution in [0.1, 0.15) is 41.2 Å². The third-order valence-corrected chi connectivity index (χ3v) is 4.40. The smallest absolute Gasteiger partial charge is 0.254 e. The van der Waals surface area contributed by atoms with Crippen LogP contribution >= 0.6 is 0 Å². The van der Waals surface area contributed by atoms with E-state index >= 15 is 0 Å². The average Bonchev–Trinajstić information content (AvgIpc) is 3.25. The molecular formula is C16H18N6O2. The fourth-order valence-corrected chi connectivity index (χ4v) is 2.99. The Morgan fingerprint density at radius 3 is 2.96 bits per heavy atom. The molecule has 0 aliphatic carbocycles. The average molecular weight is 326 g/mol. The van der Waals surface area contributed by atoms with Crippen molar-refractivity contribution < 1.29 is 9.90 Å². The predicted octanol–water partition coefficient (Wildman–Crippen LogP) is 1.25. The lowest BCUT2D eigenvalue weighted by Crippen LogP contribution is -2.38. The minimum atomic E-state index is -0.554. The van der Waals surface area contributed by atoms with Crippen molar-refractivity contribution in [1.82, 2.24) is 30.1 Å². The molecule has 1 atom stereocenters. The van der Waals surface area contributed by atoms with Gasteiger partial charge in [0.15, 0.2) is 0 Å². The topological polar surface area (TPSA) is 99.9 Å². The van der Waals surface area contributed by atoms with Gasteiger partial charge in [0.2, 0.25) is 0 Å². The minimum Gasteiger partial charge on any atom is -0.387 e. The van der Waals surface area contributed by atoms with Gasteiger partial charge >= 0.3 is 0 Å². The number of H-pyrrole nitrogens is 1. The summed E-state index contributed by atoms with van der Waals surface area (Å²) < 4.78 is 1.87. The summed E-state index contributed by atoms with van der Waals surface area (Å²) >= 11 is 0. The molecule has 0 unspecified atom stereocenters. The molecular weight excluding hydrogens is 308 g/mol. The standard InChI is InChI=1S/C16H18N6O2/c1-2-15(23)14-8-11-9-21(5-6-22(11)19-14)16(24)10-3-4-12-13(7-10)18-20-17-12/h3-4,7-8,15,23H,2,5-6,9H2,1H3,(H,17,18,20)/t15-/m0/s1. The maximum Gasteiger partial charge on any atom is 0.254 e. The van der Waals surface area contributed by atoms with Crippen LogP contribution in [-0.4, -0.2) is 47.6 Å². The third-order valence-electron chi connectivity index (χ3n) is 4.40. The molecule has 4 rings (SSSR count). The van der Waals surface area contributed by atoms with Crippen molar-refractivity contribution in [2.75, 3.05) is 6.54 Å². The van der Waals surface area contributed by atoms with E-state index in [2.05, 4.69) is 20.5 Å². The number of fused-ring (bicyclic) bond motifs is 2. The van der Waals surface area contributed by atoms with E-state index in [-0.39, 0.29) is 5.91 Å². The molecule has 0 bridgehead atoms. The van der Waals surface area contributed by atoms with Gasteiger partial charge in [-0.05, 0) is 30.7 Å². The van der Waals surface area contributed by atoms with Gasteiger partial charge in [0.05, 0.1) is 30.6 Å². The number of aliphatic hydroxyl groups excluding tert-OH is 1. The quantitative estimate of drug-likeness (QED) is 0.754. The number of hydrogen-bond acceptors (Lipinski definition) is 5. The minimum absolute atomic E-state index is 0.0371. The third kappa shape index (κ3) is 2.44. The number of nitrogens with one attached hydrogen (secondary N) is 1. The number of carbonyl (C=O) groups excluding carboxylic acids is 1. The van der Waals surface area contributed by atoms with Crippen LogP contribution in [0.5, 0.6) is 0 Å². The molecule has 3 aromatic rings. The first-order valence-corrected chi connectivity index (χ1v) is 8.00. The van der Waals surface area contributed by atoms with E-state index in [0.717, 1.165) is 11.2 Å². The highest BCUT2D eigenvalue weighted by Crippen LogP contribution is 2.21. The molecule has 1 aliphatic heterocycles. The number of benzene rings is 1. The van der Waals surface area contributed by atoms with E-state index in [1.54, 1.807) is 23.1 Å². The van der Waals surface area contributed by atoms with Gasteiger partial charge in [0.1, 0.15) is 11.0 Å². The highest BCUT2D eigenvalue weighted by molar-refractivity contribution is 5.97. The van der Waals surface area contributed by atoms with Crippen molar-refractivity contribution in [3.8, 4) is 0 Å². The summed E-state index contributed by atoms with van der Waals surface area (Å²) in [5.41, 5.74) is 3.63. The Labute approximate surface area is 138 Å². The van der Waals surface area contributed by atoms with Gasteiger partial charge < -0.3 is 10.0 Å². The number of nitrogens with zero attached hydrogens (tertiary/aromatic N) is 5. The number of amides is 1. The monoisotopic (exact) mass is 326 g/mol. The molecule has 1 amide bonds. The number of aliphatic hydroxyl groups is 1. The fraction of sp³-hybridized carbons (Fsp3) is 0.375. The van der Waals surface area contributed by atoms with E-state index in [0.29, 0.717) is 42.8 Å². The van der Waals surface area contributed by atoms with Gasteiger partial charge in [-0.25, -0.2) is 0 Å². The second kappa shape index (κ2) is 5.72. The van der Waals surface area contributed by atoms with Gasteiger partial charge in [-0.1, -0.05) is 6.92 Å². The lowest BCUT2D eigenvalue weighted by atomic mass is 10.1. The molecule has 24 heavy (non-hydrogen) atoms. The maximum atomic E-state index is 12.8. The van der Waals surface area contributed by atoms with Crippen molar-refractivity contribution in [2.24, 2.45) is 0 Å². The molecule has 2 aromatic heterocycles. The van der Waals surface area contributed by atoms with Gasteiger partial charge in [-0.15, -0.1) is 0 Å². The molecule has 2 N–H and O–H groups in total. The second-order valence-corrected chi connectivity index (χ2v) is 5.96. The SMILES string of the molecule is CC[C@H](O)c1cc2n(n1)CCN(C(=O)c1ccc3n[nH]nc3c1)C2. The Hall–Kier alpha value is -2.74. The Bertz CT molecular complexity index is 899. The van der Waals surface area contributed by atoms with Gasteiger partial charge in [-0.3, -0.25) is 9.48 Å². The first-order chi connectivity index (χ1) is 11.7. The number of aromatic amines is 1. The maximum absolute atomic E-state index is 12.8. The summed E-state index contributed by atoms with van der Waals surface area (Å²) in [5.74, 6) is -0.0371. The molecule has 1 aliphatic rings. The molecule has 124 valence electrons. The van der Waals surface area contributed by atoms with Crippen molar-refractivity contribution in [2.45, 2.75) is 32.5 Å². The Morgan fingerprint density at radius 2 is 2.12 bits per heavy atom. The summed E-state index contributed by atoms with van der Waals surface area (Å²) in [6, 6.07) is 7.19. The summed E-state index contributed by atoms with van der Waals surface area (Å²) in [7, 11) is 0. The van der Waals surface area contributed by atoms with E-state index in [1.165, 1.54) is 0 Å². The van der Waals surface area contributed by atoms with E-state index in [9.17, 15) is 9.90 Å². The van der Waals surface area contributed by atoms with Crippen LogP contribution in [0.2, 0.25) is 0 Å². The first kappa shape index (κ1) is 14.8. The molecule has 0 fully saturated rings. The summed E-state index contributed by atoms with van der Waals surface area (Å²) in [4.78, 5) is 14.6. The predicted molar refractivity (Wildman–Crippen MR) is 86.1 cm³/mol. The Kier molecular flexibility index (Phi) is 3.53. The molecule has 8 nitrogen and oxygen atoms in total. The molecule has 0 saturated heterocycles. The lowest BCUT2D eigenvalue weighted by molar-refractivity contribution is 0.0706.